The van der Waals surface area contributed by atoms with Gasteiger partial charge in [0.1, 0.15) is 5.75 Å². The van der Waals surface area contributed by atoms with Crippen LogP contribution in [0.5, 0.6) is 5.75 Å². The highest BCUT2D eigenvalue weighted by molar-refractivity contribution is 7.89. The summed E-state index contributed by atoms with van der Waals surface area (Å²) in [6.45, 7) is 7.82. The minimum Gasteiger partial charge on any atom is -0.496 e. The van der Waals surface area contributed by atoms with Crippen LogP contribution < -0.4 is 14.8 Å². The van der Waals surface area contributed by atoms with Crippen molar-refractivity contribution >= 4 is 15.9 Å². The van der Waals surface area contributed by atoms with Gasteiger partial charge in [-0.15, -0.1) is 0 Å². The van der Waals surface area contributed by atoms with Crippen LogP contribution in [0.4, 0.5) is 0 Å². The van der Waals surface area contributed by atoms with Gasteiger partial charge >= 0.3 is 0 Å². The average molecular weight is 328 g/mol. The molecule has 7 heteroatoms. The van der Waals surface area contributed by atoms with Crippen molar-refractivity contribution in [2.45, 2.75) is 38.6 Å². The standard InChI is InChI=1S/C15H24N2O4S/c1-10(2)9-16-22(19,20)12-6-7-14(21-5)13(8-12)15(18)17-11(3)4/h6-8,10-11,16H,9H2,1-5H3,(H,17,18). The molecule has 0 atom stereocenters. The Labute approximate surface area is 132 Å². The molecule has 0 aliphatic rings. The van der Waals surface area contributed by atoms with E-state index in [4.69, 9.17) is 4.74 Å². The molecule has 0 radical (unpaired) electrons. The fraction of sp³-hybridized carbons (Fsp3) is 0.533. The maximum Gasteiger partial charge on any atom is 0.255 e. The monoisotopic (exact) mass is 328 g/mol. The summed E-state index contributed by atoms with van der Waals surface area (Å²) < 4.78 is 32.2. The highest BCUT2D eigenvalue weighted by Gasteiger charge is 2.20. The van der Waals surface area contributed by atoms with E-state index in [0.29, 0.717) is 12.3 Å². The topological polar surface area (TPSA) is 84.5 Å². The number of hydrogen-bond acceptors (Lipinski definition) is 4. The van der Waals surface area contributed by atoms with Gasteiger partial charge < -0.3 is 10.1 Å². The lowest BCUT2D eigenvalue weighted by atomic mass is 10.2. The first-order valence-corrected chi connectivity index (χ1v) is 8.64. The molecule has 0 aliphatic heterocycles. The molecule has 0 fully saturated rings. The first kappa shape index (κ1) is 18.4. The normalized spacial score (nSPS) is 11.8. The lowest BCUT2D eigenvalue weighted by Gasteiger charge is -2.14. The molecule has 6 nitrogen and oxygen atoms in total. The van der Waals surface area contributed by atoms with Crippen LogP contribution in [0.25, 0.3) is 0 Å². The molecule has 0 unspecified atom stereocenters. The predicted octanol–water partition coefficient (Wildman–Crippen LogP) is 1.77. The molecule has 0 saturated heterocycles. The Balaban J connectivity index is 3.16. The number of nitrogens with one attached hydrogen (secondary N) is 2. The number of benzene rings is 1. The SMILES string of the molecule is COc1ccc(S(=O)(=O)NCC(C)C)cc1C(=O)NC(C)C. The van der Waals surface area contributed by atoms with Crippen molar-refractivity contribution in [1.29, 1.82) is 0 Å². The maximum absolute atomic E-state index is 12.2. The van der Waals surface area contributed by atoms with Gasteiger partial charge in [-0.1, -0.05) is 13.8 Å². The van der Waals surface area contributed by atoms with Crippen LogP contribution in [0.2, 0.25) is 0 Å². The maximum atomic E-state index is 12.2. The van der Waals surface area contributed by atoms with E-state index in [1.807, 2.05) is 27.7 Å². The third kappa shape index (κ3) is 4.99. The van der Waals surface area contributed by atoms with Gasteiger partial charge in [0.25, 0.3) is 5.91 Å². The van der Waals surface area contributed by atoms with Crippen LogP contribution in [-0.4, -0.2) is 34.0 Å². The molecule has 0 aromatic heterocycles. The van der Waals surface area contributed by atoms with Gasteiger partial charge in [-0.25, -0.2) is 13.1 Å². The predicted molar refractivity (Wildman–Crippen MR) is 85.6 cm³/mol. The van der Waals surface area contributed by atoms with Gasteiger partial charge in [-0.3, -0.25) is 4.79 Å². The number of carbonyl (C=O) groups excluding carboxylic acids is 1. The van der Waals surface area contributed by atoms with E-state index in [1.54, 1.807) is 0 Å². The van der Waals surface area contributed by atoms with E-state index in [-0.39, 0.29) is 28.3 Å². The van der Waals surface area contributed by atoms with E-state index < -0.39 is 10.0 Å². The van der Waals surface area contributed by atoms with Gasteiger partial charge in [0.2, 0.25) is 10.0 Å². The van der Waals surface area contributed by atoms with Crippen molar-refractivity contribution < 1.29 is 17.9 Å². The van der Waals surface area contributed by atoms with Crippen LogP contribution in [0, 0.1) is 5.92 Å². The zero-order chi connectivity index (χ0) is 16.9. The Morgan fingerprint density at radius 1 is 1.23 bits per heavy atom. The second kappa shape index (κ2) is 7.60. The molecule has 124 valence electrons. The average Bonchev–Trinajstić information content (AvgIpc) is 2.43. The van der Waals surface area contributed by atoms with Crippen LogP contribution in [0.1, 0.15) is 38.1 Å². The summed E-state index contributed by atoms with van der Waals surface area (Å²) in [5.41, 5.74) is 0.198. The minimum atomic E-state index is -3.65. The second-order valence-electron chi connectivity index (χ2n) is 5.74. The Morgan fingerprint density at radius 3 is 2.36 bits per heavy atom. The molecule has 0 aliphatic carbocycles. The number of carbonyl (C=O) groups is 1. The zero-order valence-electron chi connectivity index (χ0n) is 13.6. The highest BCUT2D eigenvalue weighted by Crippen LogP contribution is 2.22. The summed E-state index contributed by atoms with van der Waals surface area (Å²) in [7, 11) is -2.21. The first-order chi connectivity index (χ1) is 10.2. The number of rotatable bonds is 7. The lowest BCUT2D eigenvalue weighted by molar-refractivity contribution is 0.0940. The fourth-order valence-corrected chi connectivity index (χ4v) is 2.97. The highest BCUT2D eigenvalue weighted by atomic mass is 32.2. The second-order valence-corrected chi connectivity index (χ2v) is 7.50. The van der Waals surface area contributed by atoms with Gasteiger partial charge in [-0.2, -0.15) is 0 Å². The summed E-state index contributed by atoms with van der Waals surface area (Å²) in [6.07, 6.45) is 0. The molecule has 1 amide bonds. The minimum absolute atomic E-state index is 0.0443. The molecule has 2 N–H and O–H groups in total. The summed E-state index contributed by atoms with van der Waals surface area (Å²) in [6, 6.07) is 4.18. The van der Waals surface area contributed by atoms with E-state index in [0.717, 1.165) is 0 Å². The molecule has 1 aromatic carbocycles. The molecule has 1 rings (SSSR count). The van der Waals surface area contributed by atoms with Crippen LogP contribution >= 0.6 is 0 Å². The van der Waals surface area contributed by atoms with Gasteiger partial charge in [0, 0.05) is 12.6 Å². The third-order valence-electron chi connectivity index (χ3n) is 2.83. The number of sulfonamides is 1. The van der Waals surface area contributed by atoms with Crippen molar-refractivity contribution in [3.63, 3.8) is 0 Å². The van der Waals surface area contributed by atoms with E-state index >= 15 is 0 Å². The molecule has 0 bridgehead atoms. The zero-order valence-corrected chi connectivity index (χ0v) is 14.5. The number of ether oxygens (including phenoxy) is 1. The quantitative estimate of drug-likeness (QED) is 0.799. The van der Waals surface area contributed by atoms with Gasteiger partial charge in [0.05, 0.1) is 17.6 Å². The van der Waals surface area contributed by atoms with Crippen molar-refractivity contribution in [3.8, 4) is 5.75 Å². The Hall–Kier alpha value is -1.60. The molecule has 0 spiro atoms. The van der Waals surface area contributed by atoms with Crippen molar-refractivity contribution in [1.82, 2.24) is 10.0 Å². The lowest BCUT2D eigenvalue weighted by Crippen LogP contribution is -2.31. The molecular formula is C15H24N2O4S. The van der Waals surface area contributed by atoms with Crippen LogP contribution in [-0.2, 0) is 10.0 Å². The Morgan fingerprint density at radius 2 is 1.86 bits per heavy atom. The third-order valence-corrected chi connectivity index (χ3v) is 4.25. The van der Waals surface area contributed by atoms with E-state index in [9.17, 15) is 13.2 Å². The first-order valence-electron chi connectivity index (χ1n) is 7.16. The Bertz CT molecular complexity index is 624. The van der Waals surface area contributed by atoms with E-state index in [2.05, 4.69) is 10.0 Å². The van der Waals surface area contributed by atoms with Crippen molar-refractivity contribution in [2.24, 2.45) is 5.92 Å². The molecule has 22 heavy (non-hydrogen) atoms. The Kier molecular flexibility index (Phi) is 6.37. The smallest absolute Gasteiger partial charge is 0.255 e. The van der Waals surface area contributed by atoms with E-state index in [1.165, 1.54) is 25.3 Å². The van der Waals surface area contributed by atoms with Gasteiger partial charge in [-0.05, 0) is 38.0 Å². The summed E-state index contributed by atoms with van der Waals surface area (Å²) in [4.78, 5) is 12.2. The molecule has 0 heterocycles. The molecule has 0 saturated carbocycles. The number of hydrogen-bond donors (Lipinski definition) is 2. The summed E-state index contributed by atoms with van der Waals surface area (Å²) in [5.74, 6) is 0.158. The summed E-state index contributed by atoms with van der Waals surface area (Å²) >= 11 is 0. The van der Waals surface area contributed by atoms with Crippen LogP contribution in [0.15, 0.2) is 23.1 Å². The van der Waals surface area contributed by atoms with Crippen molar-refractivity contribution in [2.75, 3.05) is 13.7 Å². The molecule has 1 aromatic rings. The van der Waals surface area contributed by atoms with Crippen molar-refractivity contribution in [3.05, 3.63) is 23.8 Å². The van der Waals surface area contributed by atoms with Gasteiger partial charge in [0.15, 0.2) is 0 Å². The number of methoxy groups -OCH3 is 1. The molecular weight excluding hydrogens is 304 g/mol. The fourth-order valence-electron chi connectivity index (χ4n) is 1.73. The number of amides is 1. The largest absolute Gasteiger partial charge is 0.496 e. The summed E-state index contributed by atoms with van der Waals surface area (Å²) in [5, 5.41) is 2.73. The van der Waals surface area contributed by atoms with Crippen LogP contribution in [0.3, 0.4) is 0 Å².